The molecule has 0 saturated carbocycles. The molecule has 0 saturated heterocycles. The number of benzene rings is 1. The Bertz CT molecular complexity index is 420. The van der Waals surface area contributed by atoms with Crippen molar-refractivity contribution in [2.45, 2.75) is 0 Å². The topological polar surface area (TPSA) is 39.6 Å². The van der Waals surface area contributed by atoms with Crippen LogP contribution in [0.1, 0.15) is 5.56 Å². The summed E-state index contributed by atoms with van der Waals surface area (Å²) < 4.78 is 0. The van der Waals surface area contributed by atoms with Gasteiger partial charge in [0.2, 0.25) is 0 Å². The quantitative estimate of drug-likeness (QED) is 0.597. The van der Waals surface area contributed by atoms with Crippen molar-refractivity contribution in [3.8, 4) is 6.07 Å². The molecule has 0 amide bonds. The summed E-state index contributed by atoms with van der Waals surface area (Å²) in [6.45, 7) is 0. The van der Waals surface area contributed by atoms with Crippen molar-refractivity contribution < 1.29 is 0 Å². The number of hydrogen-bond acceptors (Lipinski definition) is 1. The van der Waals surface area contributed by atoms with Crippen LogP contribution >= 0.6 is 0 Å². The molecule has 51 valence electrons. The van der Waals surface area contributed by atoms with Crippen LogP contribution in [0.5, 0.6) is 0 Å². The van der Waals surface area contributed by atoms with Gasteiger partial charge in [-0.15, -0.1) is 0 Å². The van der Waals surface area contributed by atoms with E-state index in [1.807, 2.05) is 18.2 Å². The minimum absolute atomic E-state index is 0.678. The Morgan fingerprint density at radius 2 is 2.45 bits per heavy atom. The summed E-state index contributed by atoms with van der Waals surface area (Å²) in [6, 6.07) is 10.6. The summed E-state index contributed by atoms with van der Waals surface area (Å²) in [4.78, 5) is 3.00. The molecule has 0 spiro atoms. The number of fused-ring (bicyclic) bond motifs is 1. The molecule has 11 heavy (non-hydrogen) atoms. The maximum Gasteiger partial charge on any atom is 0.101 e. The zero-order chi connectivity index (χ0) is 7.68. The van der Waals surface area contributed by atoms with E-state index in [2.05, 4.69) is 17.1 Å². The lowest BCUT2D eigenvalue weighted by Crippen LogP contribution is -1.67. The van der Waals surface area contributed by atoms with E-state index in [0.29, 0.717) is 5.56 Å². The lowest BCUT2D eigenvalue weighted by molar-refractivity contribution is 1.45. The lowest BCUT2D eigenvalue weighted by Gasteiger charge is -1.84. The average Bonchev–Trinajstić information content (AvgIpc) is 2.47. The highest BCUT2D eigenvalue weighted by Gasteiger charge is 1.99. The molecule has 2 nitrogen and oxygen atoms in total. The standard InChI is InChI=1S/C9H5N2/c10-5-7-6-11-9-4-2-1-3-8(7)9/h2-4,6,11H. The van der Waals surface area contributed by atoms with Gasteiger partial charge in [0.25, 0.3) is 0 Å². The average molecular weight is 141 g/mol. The number of rotatable bonds is 0. The molecule has 0 unspecified atom stereocenters. The Morgan fingerprint density at radius 3 is 3.27 bits per heavy atom. The molecule has 0 atom stereocenters. The summed E-state index contributed by atoms with van der Waals surface area (Å²) in [5.41, 5.74) is 1.66. The van der Waals surface area contributed by atoms with Crippen LogP contribution in [0.4, 0.5) is 0 Å². The van der Waals surface area contributed by atoms with Crippen LogP contribution in [0.3, 0.4) is 0 Å². The highest BCUT2D eigenvalue weighted by Crippen LogP contribution is 2.15. The fourth-order valence-corrected chi connectivity index (χ4v) is 1.10. The maximum atomic E-state index is 8.64. The molecule has 1 aromatic heterocycles. The van der Waals surface area contributed by atoms with Crippen molar-refractivity contribution in [3.05, 3.63) is 36.0 Å². The van der Waals surface area contributed by atoms with E-state index in [1.165, 1.54) is 0 Å². The number of aromatic nitrogens is 1. The van der Waals surface area contributed by atoms with Crippen molar-refractivity contribution in [3.63, 3.8) is 0 Å². The molecule has 2 heteroatoms. The highest BCUT2D eigenvalue weighted by molar-refractivity contribution is 5.85. The first-order valence-corrected chi connectivity index (χ1v) is 3.29. The van der Waals surface area contributed by atoms with Crippen molar-refractivity contribution in [1.82, 2.24) is 4.98 Å². The summed E-state index contributed by atoms with van der Waals surface area (Å²) in [6.07, 6.45) is 1.71. The van der Waals surface area contributed by atoms with E-state index in [-0.39, 0.29) is 0 Å². The predicted molar refractivity (Wildman–Crippen MR) is 41.8 cm³/mol. The van der Waals surface area contributed by atoms with E-state index in [0.717, 1.165) is 10.9 Å². The van der Waals surface area contributed by atoms with Gasteiger partial charge < -0.3 is 4.98 Å². The SMILES string of the molecule is N#Cc1c[nH]c2cc[c]cc12. The Kier molecular flexibility index (Phi) is 1.16. The number of nitrogens with zero attached hydrogens (tertiary/aromatic N) is 1. The Morgan fingerprint density at radius 1 is 1.55 bits per heavy atom. The summed E-state index contributed by atoms with van der Waals surface area (Å²) >= 11 is 0. The lowest BCUT2D eigenvalue weighted by atomic mass is 10.2. The number of aromatic amines is 1. The van der Waals surface area contributed by atoms with E-state index in [1.54, 1.807) is 6.20 Å². The van der Waals surface area contributed by atoms with Crippen LogP contribution in [0.15, 0.2) is 24.4 Å². The highest BCUT2D eigenvalue weighted by atomic mass is 14.7. The van der Waals surface area contributed by atoms with Gasteiger partial charge in [-0.25, -0.2) is 0 Å². The van der Waals surface area contributed by atoms with Gasteiger partial charge in [-0.1, -0.05) is 6.07 Å². The van der Waals surface area contributed by atoms with Crippen LogP contribution in [0.25, 0.3) is 10.9 Å². The van der Waals surface area contributed by atoms with Crippen LogP contribution in [-0.2, 0) is 0 Å². The van der Waals surface area contributed by atoms with Crippen LogP contribution in [0.2, 0.25) is 0 Å². The van der Waals surface area contributed by atoms with E-state index >= 15 is 0 Å². The van der Waals surface area contributed by atoms with Gasteiger partial charge in [0, 0.05) is 17.1 Å². The molecule has 2 rings (SSSR count). The Balaban J connectivity index is 2.89. The van der Waals surface area contributed by atoms with Gasteiger partial charge in [0.15, 0.2) is 0 Å². The second kappa shape index (κ2) is 2.14. The van der Waals surface area contributed by atoms with Gasteiger partial charge >= 0.3 is 0 Å². The number of nitrogens with one attached hydrogen (secondary N) is 1. The van der Waals surface area contributed by atoms with E-state index in [9.17, 15) is 0 Å². The summed E-state index contributed by atoms with van der Waals surface area (Å²) in [5.74, 6) is 0. The van der Waals surface area contributed by atoms with Crippen molar-refractivity contribution >= 4 is 10.9 Å². The molecule has 0 fully saturated rings. The third-order valence-electron chi connectivity index (χ3n) is 1.65. The summed E-state index contributed by atoms with van der Waals surface area (Å²) in [7, 11) is 0. The van der Waals surface area contributed by atoms with Gasteiger partial charge in [0.05, 0.1) is 5.56 Å². The van der Waals surface area contributed by atoms with Crippen molar-refractivity contribution in [1.29, 1.82) is 5.26 Å². The first-order valence-electron chi connectivity index (χ1n) is 3.29. The van der Waals surface area contributed by atoms with Crippen LogP contribution in [-0.4, -0.2) is 4.98 Å². The monoisotopic (exact) mass is 141 g/mol. The Labute approximate surface area is 64.1 Å². The minimum Gasteiger partial charge on any atom is -0.360 e. The Hall–Kier alpha value is -1.75. The molecule has 0 aliphatic rings. The second-order valence-electron chi connectivity index (χ2n) is 2.29. The van der Waals surface area contributed by atoms with E-state index < -0.39 is 0 Å². The minimum atomic E-state index is 0.678. The molecule has 0 aliphatic heterocycles. The van der Waals surface area contributed by atoms with Gasteiger partial charge in [-0.2, -0.15) is 5.26 Å². The number of nitriles is 1. The molecule has 1 N–H and O–H groups in total. The number of hydrogen-bond donors (Lipinski definition) is 1. The third kappa shape index (κ3) is 0.786. The smallest absolute Gasteiger partial charge is 0.101 e. The zero-order valence-corrected chi connectivity index (χ0v) is 5.76. The largest absolute Gasteiger partial charge is 0.360 e. The first kappa shape index (κ1) is 5.99. The van der Waals surface area contributed by atoms with Crippen molar-refractivity contribution in [2.75, 3.05) is 0 Å². The van der Waals surface area contributed by atoms with Gasteiger partial charge in [0.1, 0.15) is 6.07 Å². The first-order chi connectivity index (χ1) is 5.42. The van der Waals surface area contributed by atoms with E-state index in [4.69, 9.17) is 5.26 Å². The molecule has 1 heterocycles. The fourth-order valence-electron chi connectivity index (χ4n) is 1.10. The van der Waals surface area contributed by atoms with Gasteiger partial charge in [-0.05, 0) is 18.2 Å². The molecular weight excluding hydrogens is 136 g/mol. The molecule has 1 radical (unpaired) electrons. The normalized spacial score (nSPS) is 9.73. The van der Waals surface area contributed by atoms with Crippen LogP contribution < -0.4 is 0 Å². The fraction of sp³-hybridized carbons (Fsp3) is 0. The zero-order valence-electron chi connectivity index (χ0n) is 5.76. The maximum absolute atomic E-state index is 8.64. The predicted octanol–water partition coefficient (Wildman–Crippen LogP) is 1.84. The van der Waals surface area contributed by atoms with Crippen molar-refractivity contribution in [2.24, 2.45) is 0 Å². The molecule has 0 bridgehead atoms. The molecule has 1 aromatic carbocycles. The molecule has 2 aromatic rings. The number of H-pyrrole nitrogens is 1. The van der Waals surface area contributed by atoms with Gasteiger partial charge in [-0.3, -0.25) is 0 Å². The summed E-state index contributed by atoms with van der Waals surface area (Å²) in [5, 5.41) is 9.58. The second-order valence-corrected chi connectivity index (χ2v) is 2.29. The molecule has 0 aliphatic carbocycles. The third-order valence-corrected chi connectivity index (χ3v) is 1.65. The molecular formula is C9H5N2. The van der Waals surface area contributed by atoms with Crippen LogP contribution in [0, 0.1) is 17.4 Å².